The Morgan fingerprint density at radius 3 is 2.69 bits per heavy atom. The summed E-state index contributed by atoms with van der Waals surface area (Å²) in [5.41, 5.74) is 4.78. The normalized spacial score (nSPS) is 15.5. The number of ketones is 1. The number of methoxy groups -OCH3 is 1. The molecule has 1 unspecified atom stereocenters. The summed E-state index contributed by atoms with van der Waals surface area (Å²) in [5.74, 6) is 0.0888. The average molecular weight is 482 g/mol. The zero-order chi connectivity index (χ0) is 25.7. The topological polar surface area (TPSA) is 56.1 Å². The number of imidazole rings is 1. The minimum Gasteiger partial charge on any atom is -0.483 e. The van der Waals surface area contributed by atoms with E-state index in [2.05, 4.69) is 11.5 Å². The molecule has 3 heterocycles. The number of aromatic nitrogens is 2. The highest BCUT2D eigenvalue weighted by atomic mass is 19.1. The second kappa shape index (κ2) is 11.5. The van der Waals surface area contributed by atoms with E-state index in [1.165, 1.54) is 6.07 Å². The van der Waals surface area contributed by atoms with Crippen LogP contribution in [-0.2, 0) is 15.9 Å². The minimum atomic E-state index is -0.438. The maximum absolute atomic E-state index is 15.4. The van der Waals surface area contributed by atoms with Crippen LogP contribution in [0.2, 0.25) is 0 Å². The van der Waals surface area contributed by atoms with Crippen molar-refractivity contribution >= 4 is 11.4 Å². The molecule has 1 atom stereocenters. The number of carbonyl (C=O) groups is 1. The molecule has 0 radical (unpaired) electrons. The van der Waals surface area contributed by atoms with Gasteiger partial charge in [-0.2, -0.15) is 0 Å². The summed E-state index contributed by atoms with van der Waals surface area (Å²) in [6.45, 7) is 15.5. The molecular formula is C28H36FN3O3. The quantitative estimate of drug-likeness (QED) is 0.318. The lowest BCUT2D eigenvalue weighted by atomic mass is 9.96. The summed E-state index contributed by atoms with van der Waals surface area (Å²) in [7, 11) is 1.61. The second-order valence-electron chi connectivity index (χ2n) is 8.51. The van der Waals surface area contributed by atoms with Gasteiger partial charge in [-0.15, -0.1) is 0 Å². The monoisotopic (exact) mass is 481 g/mol. The van der Waals surface area contributed by atoms with E-state index in [4.69, 9.17) is 14.5 Å². The van der Waals surface area contributed by atoms with E-state index < -0.39 is 5.82 Å². The van der Waals surface area contributed by atoms with Crippen LogP contribution in [-0.4, -0.2) is 53.0 Å². The number of pyridine rings is 1. The number of hydrogen-bond donors (Lipinski definition) is 0. The van der Waals surface area contributed by atoms with Crippen molar-refractivity contribution in [2.45, 2.75) is 53.6 Å². The summed E-state index contributed by atoms with van der Waals surface area (Å²) in [4.78, 5) is 19.0. The van der Waals surface area contributed by atoms with Gasteiger partial charge in [0.2, 0.25) is 0 Å². The number of benzene rings is 1. The van der Waals surface area contributed by atoms with Crippen molar-refractivity contribution in [3.8, 4) is 11.3 Å². The van der Waals surface area contributed by atoms with E-state index in [1.807, 2.05) is 50.4 Å². The Labute approximate surface area is 207 Å². The molecular weight excluding hydrogens is 445 g/mol. The number of nitrogens with zero attached hydrogens (tertiary/aromatic N) is 3. The van der Waals surface area contributed by atoms with E-state index >= 15 is 4.39 Å². The zero-order valence-corrected chi connectivity index (χ0v) is 21.7. The van der Waals surface area contributed by atoms with Crippen LogP contribution in [0.4, 0.5) is 4.39 Å². The Balaban J connectivity index is 0.00000167. The number of rotatable bonds is 7. The van der Waals surface area contributed by atoms with Crippen molar-refractivity contribution in [1.29, 1.82) is 0 Å². The first-order valence-electron chi connectivity index (χ1n) is 12.2. The van der Waals surface area contributed by atoms with Crippen molar-refractivity contribution in [2.75, 3.05) is 26.8 Å². The van der Waals surface area contributed by atoms with Crippen LogP contribution in [0, 0.1) is 19.7 Å². The molecule has 0 bridgehead atoms. The number of Topliss-reactive ketones (excluding diaryl/α,β-unsaturated/α-hetero) is 1. The maximum Gasteiger partial charge on any atom is 0.181 e. The van der Waals surface area contributed by atoms with Gasteiger partial charge in [0, 0.05) is 43.3 Å². The SMILES string of the molecule is C=C(OC)N1CCOC(Cc2c(-c3c(C)cc(C(=O)CC)cc3F)nc3cc(C)ccn23)C1.CC. The minimum absolute atomic E-state index is 0.0801. The fourth-order valence-electron chi connectivity index (χ4n) is 4.42. The lowest BCUT2D eigenvalue weighted by molar-refractivity contribution is -0.0342. The molecule has 0 spiro atoms. The highest BCUT2D eigenvalue weighted by molar-refractivity contribution is 5.96. The van der Waals surface area contributed by atoms with Gasteiger partial charge in [0.1, 0.15) is 11.5 Å². The first-order chi connectivity index (χ1) is 16.8. The van der Waals surface area contributed by atoms with E-state index in [0.29, 0.717) is 60.8 Å². The average Bonchev–Trinajstić information content (AvgIpc) is 3.20. The van der Waals surface area contributed by atoms with Gasteiger partial charge < -0.3 is 18.8 Å². The Hall–Kier alpha value is -3.19. The molecule has 0 N–H and O–H groups in total. The zero-order valence-electron chi connectivity index (χ0n) is 21.7. The van der Waals surface area contributed by atoms with Crippen LogP contribution in [0.3, 0.4) is 0 Å². The predicted molar refractivity (Wildman–Crippen MR) is 137 cm³/mol. The maximum atomic E-state index is 15.4. The molecule has 1 aliphatic heterocycles. The van der Waals surface area contributed by atoms with Crippen LogP contribution >= 0.6 is 0 Å². The molecule has 6 nitrogen and oxygen atoms in total. The van der Waals surface area contributed by atoms with Gasteiger partial charge in [0.05, 0.1) is 31.2 Å². The summed E-state index contributed by atoms with van der Waals surface area (Å²) >= 11 is 0. The summed E-state index contributed by atoms with van der Waals surface area (Å²) < 4.78 is 28.8. The standard InChI is InChI=1S/C26H30FN3O3.C2H6/c1-6-23(31)19-12-17(3)25(21(27)13-19)26-22(30-8-7-16(2)11-24(30)28-26)14-20-15-29(9-10-33-20)18(4)32-5;1-2/h7-8,11-13,20H,4,6,9-10,14-15H2,1-3,5H3;1-2H3. The largest absolute Gasteiger partial charge is 0.483 e. The third-order valence-electron chi connectivity index (χ3n) is 6.20. The number of ether oxygens (including phenoxy) is 2. The summed E-state index contributed by atoms with van der Waals surface area (Å²) in [6.07, 6.45) is 2.71. The number of hydrogen-bond acceptors (Lipinski definition) is 5. The number of aryl methyl sites for hydroxylation is 2. The third-order valence-corrected chi connectivity index (χ3v) is 6.20. The molecule has 0 amide bonds. The second-order valence-corrected chi connectivity index (χ2v) is 8.51. The van der Waals surface area contributed by atoms with Gasteiger partial charge in [-0.25, -0.2) is 9.37 Å². The van der Waals surface area contributed by atoms with Crippen molar-refractivity contribution in [3.63, 3.8) is 0 Å². The Morgan fingerprint density at radius 1 is 1.29 bits per heavy atom. The van der Waals surface area contributed by atoms with Gasteiger partial charge in [0.25, 0.3) is 0 Å². The van der Waals surface area contributed by atoms with E-state index in [1.54, 1.807) is 20.1 Å². The van der Waals surface area contributed by atoms with Crippen molar-refractivity contribution in [1.82, 2.24) is 14.3 Å². The molecule has 35 heavy (non-hydrogen) atoms. The van der Waals surface area contributed by atoms with Crippen LogP contribution in [0.15, 0.2) is 42.9 Å². The van der Waals surface area contributed by atoms with Crippen molar-refractivity contribution < 1.29 is 18.7 Å². The van der Waals surface area contributed by atoms with Gasteiger partial charge in [-0.1, -0.05) is 20.8 Å². The van der Waals surface area contributed by atoms with E-state index in [-0.39, 0.29) is 11.9 Å². The van der Waals surface area contributed by atoms with Crippen LogP contribution < -0.4 is 0 Å². The Bertz CT molecular complexity index is 1190. The first-order valence-corrected chi connectivity index (χ1v) is 12.2. The summed E-state index contributed by atoms with van der Waals surface area (Å²) in [5, 5.41) is 0. The Kier molecular flexibility index (Phi) is 8.67. The smallest absolute Gasteiger partial charge is 0.181 e. The molecule has 1 aromatic carbocycles. The highest BCUT2D eigenvalue weighted by Gasteiger charge is 2.27. The molecule has 188 valence electrons. The molecule has 4 rings (SSSR count). The Morgan fingerprint density at radius 2 is 2.03 bits per heavy atom. The van der Waals surface area contributed by atoms with E-state index in [0.717, 1.165) is 16.9 Å². The van der Waals surface area contributed by atoms with Gasteiger partial charge in [-0.3, -0.25) is 4.79 Å². The molecule has 3 aromatic rings. The van der Waals surface area contributed by atoms with Gasteiger partial charge >= 0.3 is 0 Å². The number of carbonyl (C=O) groups excluding carboxylic acids is 1. The predicted octanol–water partition coefficient (Wildman–Crippen LogP) is 5.74. The number of halogens is 1. The van der Waals surface area contributed by atoms with Gasteiger partial charge in [-0.05, 0) is 55.8 Å². The van der Waals surface area contributed by atoms with Crippen molar-refractivity contribution in [2.24, 2.45) is 0 Å². The van der Waals surface area contributed by atoms with E-state index in [9.17, 15) is 4.79 Å². The van der Waals surface area contributed by atoms with Crippen LogP contribution in [0.1, 0.15) is 54.4 Å². The first kappa shape index (κ1) is 26.4. The molecule has 7 heteroatoms. The van der Waals surface area contributed by atoms with Gasteiger partial charge in [0.15, 0.2) is 11.7 Å². The lowest BCUT2D eigenvalue weighted by Gasteiger charge is -2.34. The summed E-state index contributed by atoms with van der Waals surface area (Å²) in [6, 6.07) is 7.07. The fraction of sp³-hybridized carbons (Fsp3) is 0.429. The lowest BCUT2D eigenvalue weighted by Crippen LogP contribution is -2.43. The molecule has 0 aliphatic carbocycles. The molecule has 2 aromatic heterocycles. The van der Waals surface area contributed by atoms with Crippen LogP contribution in [0.25, 0.3) is 16.9 Å². The molecule has 1 aliphatic rings. The molecule has 1 fully saturated rings. The van der Waals surface area contributed by atoms with Crippen LogP contribution in [0.5, 0.6) is 0 Å². The number of fused-ring (bicyclic) bond motifs is 1. The fourth-order valence-corrected chi connectivity index (χ4v) is 4.42. The third kappa shape index (κ3) is 5.56. The molecule has 0 saturated carbocycles. The van der Waals surface area contributed by atoms with Crippen molar-refractivity contribution in [3.05, 3.63) is 71.1 Å². The highest BCUT2D eigenvalue weighted by Crippen LogP contribution is 2.33. The number of morpholine rings is 1. The molecule has 1 saturated heterocycles.